The molecule has 2 aromatic rings. The topological polar surface area (TPSA) is 43.9 Å². The minimum absolute atomic E-state index is 0.469. The van der Waals surface area contributed by atoms with Crippen molar-refractivity contribution < 1.29 is 0 Å². The highest BCUT2D eigenvalue weighted by Crippen LogP contribution is 2.31. The molecule has 0 saturated heterocycles. The molecule has 0 amide bonds. The van der Waals surface area contributed by atoms with Gasteiger partial charge in [-0.25, -0.2) is 0 Å². The molecule has 0 atom stereocenters. The number of rotatable bonds is 4. The molecule has 3 nitrogen and oxygen atoms in total. The van der Waals surface area contributed by atoms with E-state index in [0.29, 0.717) is 6.04 Å². The molecule has 1 aliphatic carbocycles. The van der Waals surface area contributed by atoms with Crippen LogP contribution in [0.3, 0.4) is 0 Å². The van der Waals surface area contributed by atoms with Crippen LogP contribution in [0.5, 0.6) is 0 Å². The maximum Gasteiger partial charge on any atom is 0.0816 e. The van der Waals surface area contributed by atoms with Crippen molar-refractivity contribution in [1.82, 2.24) is 9.97 Å². The number of hydrogen-bond donors (Lipinski definition) is 2. The van der Waals surface area contributed by atoms with Gasteiger partial charge in [-0.1, -0.05) is 50.6 Å². The van der Waals surface area contributed by atoms with Crippen LogP contribution in [0.25, 0.3) is 11.4 Å². The third-order valence-corrected chi connectivity index (χ3v) is 5.20. The van der Waals surface area contributed by atoms with E-state index in [1.54, 1.807) is 0 Å². The van der Waals surface area contributed by atoms with E-state index < -0.39 is 0 Å². The summed E-state index contributed by atoms with van der Waals surface area (Å²) < 4.78 is 0. The van der Waals surface area contributed by atoms with Crippen LogP contribution in [0.15, 0.2) is 23.3 Å². The Morgan fingerprint density at radius 2 is 1.96 bits per heavy atom. The second-order valence-electron chi connectivity index (χ2n) is 6.42. The molecule has 1 aliphatic rings. The number of halogens is 1. The van der Waals surface area contributed by atoms with Crippen molar-refractivity contribution in [2.75, 3.05) is 0 Å². The summed E-state index contributed by atoms with van der Waals surface area (Å²) in [6.07, 6.45) is 14.0. The molecule has 0 aliphatic heterocycles. The molecular weight excluding hydrogens is 306 g/mol. The molecule has 4 heteroatoms. The first kappa shape index (κ1) is 16.4. The zero-order valence-corrected chi connectivity index (χ0v) is 14.6. The first-order chi connectivity index (χ1) is 11.3. The van der Waals surface area contributed by atoms with Crippen molar-refractivity contribution in [3.05, 3.63) is 34.6 Å². The Morgan fingerprint density at radius 1 is 1.22 bits per heavy atom. The van der Waals surface area contributed by atoms with E-state index in [2.05, 4.69) is 16.9 Å². The van der Waals surface area contributed by atoms with Gasteiger partial charge in [-0.3, -0.25) is 4.99 Å². The van der Waals surface area contributed by atoms with E-state index in [-0.39, 0.29) is 0 Å². The molecule has 0 spiro atoms. The minimum Gasteiger partial charge on any atom is -0.360 e. The van der Waals surface area contributed by atoms with Gasteiger partial charge >= 0.3 is 0 Å². The van der Waals surface area contributed by atoms with Crippen molar-refractivity contribution in [1.29, 1.82) is 0 Å². The molecule has 1 fully saturated rings. The van der Waals surface area contributed by atoms with Gasteiger partial charge in [0.05, 0.1) is 28.1 Å². The van der Waals surface area contributed by atoms with Gasteiger partial charge in [0, 0.05) is 12.4 Å². The molecule has 2 aromatic heterocycles. The number of hydrogen-bond acceptors (Lipinski definition) is 1. The molecule has 3 rings (SSSR count). The summed E-state index contributed by atoms with van der Waals surface area (Å²) in [5.41, 5.74) is 4.21. The molecule has 2 heterocycles. The average molecular weight is 332 g/mol. The Labute approximate surface area is 143 Å². The van der Waals surface area contributed by atoms with Gasteiger partial charge in [0.25, 0.3) is 0 Å². The molecule has 23 heavy (non-hydrogen) atoms. The highest BCUT2D eigenvalue weighted by atomic mass is 35.5. The highest BCUT2D eigenvalue weighted by molar-refractivity contribution is 6.34. The second kappa shape index (κ2) is 7.87. The Kier molecular flexibility index (Phi) is 5.60. The SMILES string of the molecule is CCc1c(C=NC2CCCCCCC2)[nH]c(-c2ccc[nH]2)c1Cl. The standard InChI is InChI=1S/C19H26ClN3/c1-2-15-17(13-22-14-9-6-4-3-5-7-10-14)23-19(18(15)20)16-11-8-12-21-16/h8,11-14,21,23H,2-7,9-10H2,1H3. The summed E-state index contributed by atoms with van der Waals surface area (Å²) in [5.74, 6) is 0. The summed E-state index contributed by atoms with van der Waals surface area (Å²) in [7, 11) is 0. The lowest BCUT2D eigenvalue weighted by atomic mass is 9.97. The van der Waals surface area contributed by atoms with Gasteiger partial charge in [0.15, 0.2) is 0 Å². The summed E-state index contributed by atoms with van der Waals surface area (Å²) in [6, 6.07) is 4.49. The van der Waals surface area contributed by atoms with Crippen molar-refractivity contribution in [2.24, 2.45) is 4.99 Å². The first-order valence-corrected chi connectivity index (χ1v) is 9.24. The maximum absolute atomic E-state index is 6.58. The largest absolute Gasteiger partial charge is 0.360 e. The Morgan fingerprint density at radius 3 is 2.61 bits per heavy atom. The Hall–Kier alpha value is -1.48. The van der Waals surface area contributed by atoms with Crippen LogP contribution in [-0.4, -0.2) is 22.2 Å². The number of aromatic nitrogens is 2. The molecular formula is C19H26ClN3. The van der Waals surface area contributed by atoms with Gasteiger partial charge in [-0.05, 0) is 37.0 Å². The van der Waals surface area contributed by atoms with E-state index in [4.69, 9.17) is 16.6 Å². The third kappa shape index (κ3) is 3.89. The van der Waals surface area contributed by atoms with Crippen LogP contribution in [0.2, 0.25) is 5.02 Å². The normalized spacial score (nSPS) is 17.5. The van der Waals surface area contributed by atoms with Gasteiger partial charge in [0.1, 0.15) is 0 Å². The summed E-state index contributed by atoms with van der Waals surface area (Å²) >= 11 is 6.58. The van der Waals surface area contributed by atoms with Gasteiger partial charge in [0.2, 0.25) is 0 Å². The fraction of sp³-hybridized carbons (Fsp3) is 0.526. The van der Waals surface area contributed by atoms with Crippen molar-refractivity contribution in [3.63, 3.8) is 0 Å². The molecule has 0 radical (unpaired) electrons. The zero-order chi connectivity index (χ0) is 16.1. The van der Waals surface area contributed by atoms with Crippen LogP contribution < -0.4 is 0 Å². The summed E-state index contributed by atoms with van der Waals surface area (Å²) in [6.45, 7) is 2.14. The lowest BCUT2D eigenvalue weighted by molar-refractivity contribution is 0.456. The molecule has 0 aromatic carbocycles. The van der Waals surface area contributed by atoms with E-state index in [1.807, 2.05) is 24.5 Å². The van der Waals surface area contributed by atoms with Crippen LogP contribution in [0.1, 0.15) is 63.1 Å². The number of aromatic amines is 2. The number of nitrogens with one attached hydrogen (secondary N) is 2. The lowest BCUT2D eigenvalue weighted by Gasteiger charge is -2.15. The second-order valence-corrected chi connectivity index (χ2v) is 6.80. The van der Waals surface area contributed by atoms with E-state index in [9.17, 15) is 0 Å². The summed E-state index contributed by atoms with van der Waals surface area (Å²) in [5, 5.41) is 0.814. The predicted octanol–water partition coefficient (Wildman–Crippen LogP) is 5.76. The van der Waals surface area contributed by atoms with Crippen molar-refractivity contribution >= 4 is 17.8 Å². The molecule has 0 bridgehead atoms. The maximum atomic E-state index is 6.58. The first-order valence-electron chi connectivity index (χ1n) is 8.87. The monoisotopic (exact) mass is 331 g/mol. The lowest BCUT2D eigenvalue weighted by Crippen LogP contribution is -2.07. The van der Waals surface area contributed by atoms with Crippen LogP contribution >= 0.6 is 11.6 Å². The molecule has 124 valence electrons. The van der Waals surface area contributed by atoms with Gasteiger partial charge < -0.3 is 9.97 Å². The number of H-pyrrole nitrogens is 2. The quantitative estimate of drug-likeness (QED) is 0.669. The molecule has 0 unspecified atom stereocenters. The van der Waals surface area contributed by atoms with E-state index in [0.717, 1.165) is 34.1 Å². The average Bonchev–Trinajstić information content (AvgIpc) is 3.14. The predicted molar refractivity (Wildman–Crippen MR) is 98.7 cm³/mol. The Bertz CT molecular complexity index is 632. The van der Waals surface area contributed by atoms with Crippen molar-refractivity contribution in [2.45, 2.75) is 64.3 Å². The van der Waals surface area contributed by atoms with Crippen molar-refractivity contribution in [3.8, 4) is 11.4 Å². The van der Waals surface area contributed by atoms with Gasteiger partial charge in [-0.15, -0.1) is 0 Å². The van der Waals surface area contributed by atoms with Crippen LogP contribution in [-0.2, 0) is 6.42 Å². The van der Waals surface area contributed by atoms with E-state index in [1.165, 1.54) is 44.9 Å². The third-order valence-electron chi connectivity index (χ3n) is 4.78. The van der Waals surface area contributed by atoms with Crippen LogP contribution in [0.4, 0.5) is 0 Å². The summed E-state index contributed by atoms with van der Waals surface area (Å²) in [4.78, 5) is 11.6. The fourth-order valence-corrected chi connectivity index (χ4v) is 3.81. The number of nitrogens with zero attached hydrogens (tertiary/aromatic N) is 1. The highest BCUT2D eigenvalue weighted by Gasteiger charge is 2.16. The minimum atomic E-state index is 0.469. The number of aliphatic imine (C=N–C) groups is 1. The zero-order valence-electron chi connectivity index (χ0n) is 13.9. The fourth-order valence-electron chi connectivity index (χ4n) is 3.42. The van der Waals surface area contributed by atoms with E-state index >= 15 is 0 Å². The Balaban J connectivity index is 1.81. The van der Waals surface area contributed by atoms with Gasteiger partial charge in [-0.2, -0.15) is 0 Å². The molecule has 1 saturated carbocycles. The smallest absolute Gasteiger partial charge is 0.0816 e. The molecule has 2 N–H and O–H groups in total. The van der Waals surface area contributed by atoms with Crippen LogP contribution in [0, 0.1) is 0 Å².